The number of anilines is 3. The molecule has 0 bridgehead atoms. The van der Waals surface area contributed by atoms with E-state index in [1.807, 2.05) is 66.1 Å². The van der Waals surface area contributed by atoms with Gasteiger partial charge in [-0.3, -0.25) is 9.58 Å². The van der Waals surface area contributed by atoms with Crippen LogP contribution in [0.4, 0.5) is 22.4 Å². The zero-order valence-electron chi connectivity index (χ0n) is 26.1. The van der Waals surface area contributed by atoms with Crippen molar-refractivity contribution in [2.45, 2.75) is 57.3 Å². The zero-order chi connectivity index (χ0) is 32.2. The Hall–Kier alpha value is -5.35. The number of nitrogens with one attached hydrogen (secondary N) is 2. The van der Waals surface area contributed by atoms with E-state index >= 15 is 0 Å². The Morgan fingerprint density at radius 1 is 1.04 bits per heavy atom. The van der Waals surface area contributed by atoms with Crippen LogP contribution in [0.3, 0.4) is 0 Å². The minimum absolute atomic E-state index is 0.0278. The van der Waals surface area contributed by atoms with E-state index in [2.05, 4.69) is 36.7 Å². The van der Waals surface area contributed by atoms with E-state index in [-0.39, 0.29) is 18.1 Å². The molecule has 7 rings (SSSR count). The topological polar surface area (TPSA) is 141 Å². The van der Waals surface area contributed by atoms with Gasteiger partial charge in [0.2, 0.25) is 5.95 Å². The fourth-order valence-electron chi connectivity index (χ4n) is 6.31. The van der Waals surface area contributed by atoms with Crippen LogP contribution in [0.15, 0.2) is 72.8 Å². The number of rotatable bonds is 8. The minimum Gasteiger partial charge on any atom is -0.351 e. The van der Waals surface area contributed by atoms with E-state index in [0.29, 0.717) is 36.2 Å². The van der Waals surface area contributed by atoms with Crippen molar-refractivity contribution in [2.75, 3.05) is 21.7 Å². The largest absolute Gasteiger partial charge is 0.351 e. The molecule has 4 aromatic heterocycles. The van der Waals surface area contributed by atoms with Crippen LogP contribution in [-0.2, 0) is 26.6 Å². The quantitative estimate of drug-likeness (QED) is 0.230. The Morgan fingerprint density at radius 3 is 2.64 bits per heavy atom. The third-order valence-electron chi connectivity index (χ3n) is 8.80. The molecule has 0 unspecified atom stereocenters. The lowest BCUT2D eigenvalue weighted by Gasteiger charge is -2.36. The summed E-state index contributed by atoms with van der Waals surface area (Å²) in [6.45, 7) is 1.88. The Bertz CT molecular complexity index is 1870. The first-order valence-corrected chi connectivity index (χ1v) is 16.7. The van der Waals surface area contributed by atoms with E-state index in [1.54, 1.807) is 34.6 Å². The third kappa shape index (κ3) is 6.78. The SMILES string of the molecule is Cn1cc(-c2ccc(N(C(=O)NCc3ccccc3)[C@H]3CC[C@H](Nc4ncc(C#N)c(N5CCc6ncsc6C5)n4)CC3)nc2)cn1. The average molecular weight is 646 g/mol. The number of amides is 2. The second-order valence-electron chi connectivity index (χ2n) is 11.9. The van der Waals surface area contributed by atoms with Gasteiger partial charge in [-0.05, 0) is 43.4 Å². The molecule has 5 aromatic rings. The highest BCUT2D eigenvalue weighted by atomic mass is 32.1. The molecule has 13 heteroatoms. The summed E-state index contributed by atoms with van der Waals surface area (Å²) in [6.07, 6.45) is 11.2. The van der Waals surface area contributed by atoms with Crippen molar-refractivity contribution in [3.63, 3.8) is 0 Å². The molecule has 0 radical (unpaired) electrons. The summed E-state index contributed by atoms with van der Waals surface area (Å²) in [7, 11) is 1.88. The molecule has 1 aliphatic carbocycles. The molecule has 1 saturated carbocycles. The van der Waals surface area contributed by atoms with Crippen molar-refractivity contribution in [3.05, 3.63) is 94.5 Å². The van der Waals surface area contributed by atoms with Gasteiger partial charge in [-0.2, -0.15) is 15.3 Å². The van der Waals surface area contributed by atoms with Gasteiger partial charge in [0.15, 0.2) is 5.82 Å². The van der Waals surface area contributed by atoms with Crippen LogP contribution < -0.4 is 20.4 Å². The fourth-order valence-corrected chi connectivity index (χ4v) is 7.14. The first-order valence-electron chi connectivity index (χ1n) is 15.8. The summed E-state index contributed by atoms with van der Waals surface area (Å²) in [5, 5.41) is 20.7. The van der Waals surface area contributed by atoms with Gasteiger partial charge in [-0.15, -0.1) is 11.3 Å². The number of nitrogens with zero attached hydrogens (tertiary/aromatic N) is 9. The van der Waals surface area contributed by atoms with Gasteiger partial charge in [-0.25, -0.2) is 19.7 Å². The molecule has 12 nitrogen and oxygen atoms in total. The minimum atomic E-state index is -0.169. The molecule has 47 heavy (non-hydrogen) atoms. The molecule has 5 heterocycles. The van der Waals surface area contributed by atoms with Crippen LogP contribution in [0.2, 0.25) is 0 Å². The fraction of sp³-hybridized carbons (Fsp3) is 0.324. The van der Waals surface area contributed by atoms with Crippen LogP contribution >= 0.6 is 11.3 Å². The molecule has 2 aliphatic rings. The first kappa shape index (κ1) is 30.3. The molecular formula is C34H35N11OS. The van der Waals surface area contributed by atoms with Crippen molar-refractivity contribution in [1.82, 2.24) is 35.0 Å². The second-order valence-corrected chi connectivity index (χ2v) is 12.8. The molecule has 1 fully saturated rings. The molecule has 0 spiro atoms. The Labute approximate surface area is 277 Å². The van der Waals surface area contributed by atoms with Gasteiger partial charge in [0.05, 0.1) is 30.1 Å². The number of carbonyl (C=O) groups excluding carboxylic acids is 1. The van der Waals surface area contributed by atoms with E-state index in [4.69, 9.17) is 9.97 Å². The van der Waals surface area contributed by atoms with Crippen LogP contribution in [0, 0.1) is 11.3 Å². The van der Waals surface area contributed by atoms with Gasteiger partial charge in [-0.1, -0.05) is 30.3 Å². The molecule has 238 valence electrons. The number of urea groups is 1. The number of fused-ring (bicyclic) bond motifs is 1. The third-order valence-corrected chi connectivity index (χ3v) is 9.66. The lowest BCUT2D eigenvalue weighted by molar-refractivity contribution is 0.240. The molecule has 1 aromatic carbocycles. The summed E-state index contributed by atoms with van der Waals surface area (Å²) < 4.78 is 1.76. The van der Waals surface area contributed by atoms with Crippen molar-refractivity contribution in [2.24, 2.45) is 7.05 Å². The van der Waals surface area contributed by atoms with Gasteiger partial charge in [0.25, 0.3) is 0 Å². The Kier molecular flexibility index (Phi) is 8.75. The predicted molar refractivity (Wildman–Crippen MR) is 181 cm³/mol. The van der Waals surface area contributed by atoms with Crippen molar-refractivity contribution >= 4 is 35.0 Å². The number of hydrogen-bond donors (Lipinski definition) is 2. The highest BCUT2D eigenvalue weighted by Crippen LogP contribution is 2.31. The first-order chi connectivity index (χ1) is 23.0. The number of aryl methyl sites for hydroxylation is 1. The van der Waals surface area contributed by atoms with Crippen molar-refractivity contribution < 1.29 is 4.79 Å². The standard InChI is InChI=1S/C34H35N11OS/c1-43-20-26(19-40-43)24-7-12-31(36-17-24)45(34(46)38-16-23-5-3-2-4-6-23)28-10-8-27(9-11-28)41-33-37-18-25(15-35)32(42-33)44-14-13-29-30(21-44)47-22-39-29/h2-7,12,17-20,22,27-28H,8-11,13-14,16,21H2,1H3,(H,38,46)(H,37,41,42)/t27-,28-. The van der Waals surface area contributed by atoms with Crippen LogP contribution in [0.5, 0.6) is 0 Å². The Morgan fingerprint density at radius 2 is 1.89 bits per heavy atom. The van der Waals surface area contributed by atoms with E-state index in [1.165, 1.54) is 4.88 Å². The average Bonchev–Trinajstić information content (AvgIpc) is 3.77. The summed E-state index contributed by atoms with van der Waals surface area (Å²) >= 11 is 1.64. The molecule has 1 aliphatic heterocycles. The monoisotopic (exact) mass is 645 g/mol. The molecule has 0 saturated heterocycles. The lowest BCUT2D eigenvalue weighted by atomic mass is 9.90. The van der Waals surface area contributed by atoms with Gasteiger partial charge in [0.1, 0.15) is 17.5 Å². The Balaban J connectivity index is 1.04. The summed E-state index contributed by atoms with van der Waals surface area (Å²) in [5.74, 6) is 1.78. The van der Waals surface area contributed by atoms with Gasteiger partial charge in [0, 0.05) is 67.0 Å². The number of nitriles is 1. The lowest BCUT2D eigenvalue weighted by Crippen LogP contribution is -2.49. The van der Waals surface area contributed by atoms with Gasteiger partial charge < -0.3 is 15.5 Å². The number of pyridine rings is 1. The highest BCUT2D eigenvalue weighted by molar-refractivity contribution is 7.09. The predicted octanol–water partition coefficient (Wildman–Crippen LogP) is 5.30. The smallest absolute Gasteiger partial charge is 0.323 e. The second kappa shape index (κ2) is 13.6. The van der Waals surface area contributed by atoms with Crippen molar-refractivity contribution in [3.8, 4) is 17.2 Å². The van der Waals surface area contributed by atoms with E-state index < -0.39 is 0 Å². The number of benzene rings is 1. The zero-order valence-corrected chi connectivity index (χ0v) is 26.9. The van der Waals surface area contributed by atoms with Gasteiger partial charge >= 0.3 is 6.03 Å². The number of aromatic nitrogens is 6. The molecule has 2 N–H and O–H groups in total. The van der Waals surface area contributed by atoms with E-state index in [0.717, 1.165) is 61.0 Å². The number of carbonyl (C=O) groups is 1. The molecule has 2 amide bonds. The van der Waals surface area contributed by atoms with Crippen molar-refractivity contribution in [1.29, 1.82) is 5.26 Å². The summed E-state index contributed by atoms with van der Waals surface area (Å²) in [6, 6.07) is 16.0. The normalized spacial score (nSPS) is 17.4. The van der Waals surface area contributed by atoms with Crippen LogP contribution in [-0.4, -0.2) is 54.4 Å². The van der Waals surface area contributed by atoms with Crippen LogP contribution in [0.25, 0.3) is 11.1 Å². The summed E-state index contributed by atoms with van der Waals surface area (Å²) in [5.41, 5.74) is 6.43. The maximum atomic E-state index is 13.7. The van der Waals surface area contributed by atoms with Crippen LogP contribution in [0.1, 0.15) is 47.4 Å². The highest BCUT2D eigenvalue weighted by Gasteiger charge is 2.31. The molecular weight excluding hydrogens is 611 g/mol. The number of thiazole rings is 1. The molecule has 0 atom stereocenters. The maximum Gasteiger partial charge on any atom is 0.323 e. The number of hydrogen-bond acceptors (Lipinski definition) is 10. The van der Waals surface area contributed by atoms with E-state index in [9.17, 15) is 10.1 Å². The summed E-state index contributed by atoms with van der Waals surface area (Å²) in [4.78, 5) is 37.4. The maximum absolute atomic E-state index is 13.7.